The van der Waals surface area contributed by atoms with E-state index in [0.29, 0.717) is 11.1 Å². The molecule has 6 nitrogen and oxygen atoms in total. The molecule has 0 bridgehead atoms. The predicted molar refractivity (Wildman–Crippen MR) is 112 cm³/mol. The van der Waals surface area contributed by atoms with Crippen LogP contribution < -0.4 is 5.32 Å². The summed E-state index contributed by atoms with van der Waals surface area (Å²) in [4.78, 5) is 12.6. The zero-order chi connectivity index (χ0) is 20.1. The molecule has 0 aliphatic heterocycles. The molecule has 2 aromatic carbocycles. The Bertz CT molecular complexity index is 908. The number of benzene rings is 2. The zero-order valence-corrected chi connectivity index (χ0v) is 17.4. The van der Waals surface area contributed by atoms with Crippen LogP contribution in [0.25, 0.3) is 5.69 Å². The molecule has 3 rings (SSSR count). The number of tetrazole rings is 1. The summed E-state index contributed by atoms with van der Waals surface area (Å²) >= 11 is 1.34. The Kier molecular flexibility index (Phi) is 6.46. The molecule has 0 spiro atoms. The van der Waals surface area contributed by atoms with Gasteiger partial charge in [-0.3, -0.25) is 4.79 Å². The van der Waals surface area contributed by atoms with Crippen LogP contribution in [0.4, 0.5) is 0 Å². The van der Waals surface area contributed by atoms with E-state index in [1.807, 2.05) is 56.3 Å². The van der Waals surface area contributed by atoms with Crippen LogP contribution >= 0.6 is 11.8 Å². The van der Waals surface area contributed by atoms with Gasteiger partial charge < -0.3 is 5.32 Å². The van der Waals surface area contributed by atoms with Crippen molar-refractivity contribution in [3.63, 3.8) is 0 Å². The Hall–Kier alpha value is -2.67. The van der Waals surface area contributed by atoms with E-state index in [1.165, 1.54) is 17.3 Å². The van der Waals surface area contributed by atoms with Crippen LogP contribution in [0.5, 0.6) is 0 Å². The van der Waals surface area contributed by atoms with Crippen molar-refractivity contribution in [2.75, 3.05) is 0 Å². The summed E-state index contributed by atoms with van der Waals surface area (Å²) in [6.45, 7) is 8.15. The lowest BCUT2D eigenvalue weighted by atomic mass is 10.0. The molecule has 146 valence electrons. The topological polar surface area (TPSA) is 72.7 Å². The average Bonchev–Trinajstić information content (AvgIpc) is 3.16. The van der Waals surface area contributed by atoms with Crippen LogP contribution in [0.15, 0.2) is 59.8 Å². The minimum absolute atomic E-state index is 0.0499. The molecule has 1 amide bonds. The quantitative estimate of drug-likeness (QED) is 0.609. The van der Waals surface area contributed by atoms with Crippen molar-refractivity contribution in [2.45, 2.75) is 50.1 Å². The first-order valence-electron chi connectivity index (χ1n) is 9.36. The van der Waals surface area contributed by atoms with Gasteiger partial charge in [0, 0.05) is 0 Å². The van der Waals surface area contributed by atoms with E-state index in [4.69, 9.17) is 0 Å². The summed E-state index contributed by atoms with van der Waals surface area (Å²) in [6.07, 6.45) is 0. The molecule has 1 heterocycles. The molecule has 0 aliphatic rings. The number of hydrogen-bond donors (Lipinski definition) is 1. The maximum Gasteiger partial charge on any atom is 0.233 e. The summed E-state index contributed by atoms with van der Waals surface area (Å²) in [5.74, 6) is 0.415. The third-order valence-electron chi connectivity index (χ3n) is 4.55. The third-order valence-corrected chi connectivity index (χ3v) is 5.59. The Labute approximate surface area is 169 Å². The van der Waals surface area contributed by atoms with Gasteiger partial charge in [0.15, 0.2) is 0 Å². The van der Waals surface area contributed by atoms with Gasteiger partial charge in [0.25, 0.3) is 0 Å². The number of rotatable bonds is 7. The summed E-state index contributed by atoms with van der Waals surface area (Å²) in [6, 6.07) is 18.0. The monoisotopic (exact) mass is 395 g/mol. The van der Waals surface area contributed by atoms with Crippen molar-refractivity contribution in [3.05, 3.63) is 65.7 Å². The van der Waals surface area contributed by atoms with Crippen LogP contribution in [-0.4, -0.2) is 31.4 Å². The highest BCUT2D eigenvalue weighted by molar-refractivity contribution is 8.00. The van der Waals surface area contributed by atoms with Gasteiger partial charge in [0.2, 0.25) is 11.1 Å². The highest BCUT2D eigenvalue weighted by atomic mass is 32.2. The largest absolute Gasteiger partial charge is 0.349 e. The number of thioether (sulfide) groups is 1. The molecule has 28 heavy (non-hydrogen) atoms. The highest BCUT2D eigenvalue weighted by Gasteiger charge is 2.21. The number of hydrogen-bond acceptors (Lipinski definition) is 5. The van der Waals surface area contributed by atoms with E-state index >= 15 is 0 Å². The molecule has 2 unspecified atom stereocenters. The number of carbonyl (C=O) groups excluding carboxylic acids is 1. The predicted octanol–water partition coefficient (Wildman–Crippen LogP) is 4.14. The number of amides is 1. The second-order valence-corrected chi connectivity index (χ2v) is 8.33. The van der Waals surface area contributed by atoms with Crippen LogP contribution in [-0.2, 0) is 4.79 Å². The number of nitrogens with one attached hydrogen (secondary N) is 1. The molecular weight excluding hydrogens is 370 g/mol. The molecule has 0 aliphatic carbocycles. The standard InChI is InChI=1S/C21H25N5OS/c1-14(2)17-10-12-19(13-11-17)26-21(23-24-25-26)28-16(4)20(27)22-15(3)18-8-6-5-7-9-18/h5-16H,1-4H3,(H,22,27). The van der Waals surface area contributed by atoms with E-state index in [9.17, 15) is 4.79 Å². The average molecular weight is 396 g/mol. The van der Waals surface area contributed by atoms with Gasteiger partial charge in [-0.25, -0.2) is 0 Å². The van der Waals surface area contributed by atoms with Gasteiger partial charge in [-0.15, -0.1) is 5.10 Å². The molecule has 3 aromatic rings. The maximum absolute atomic E-state index is 12.6. The van der Waals surface area contributed by atoms with Crippen molar-refractivity contribution in [1.82, 2.24) is 25.5 Å². The molecule has 7 heteroatoms. The summed E-state index contributed by atoms with van der Waals surface area (Å²) in [5.41, 5.74) is 3.21. The normalized spacial score (nSPS) is 13.3. The Morgan fingerprint density at radius 1 is 0.964 bits per heavy atom. The second kappa shape index (κ2) is 9.01. The van der Waals surface area contributed by atoms with Crippen molar-refractivity contribution < 1.29 is 4.79 Å². The van der Waals surface area contributed by atoms with Gasteiger partial charge in [0.1, 0.15) is 0 Å². The molecule has 1 N–H and O–H groups in total. The van der Waals surface area contributed by atoms with Crippen molar-refractivity contribution in [3.8, 4) is 5.69 Å². The summed E-state index contributed by atoms with van der Waals surface area (Å²) in [5, 5.41) is 15.3. The van der Waals surface area contributed by atoms with Crippen LogP contribution in [0.3, 0.4) is 0 Å². The van der Waals surface area contributed by atoms with Crippen molar-refractivity contribution >= 4 is 17.7 Å². The zero-order valence-electron chi connectivity index (χ0n) is 16.5. The fraction of sp³-hybridized carbons (Fsp3) is 0.333. The lowest BCUT2D eigenvalue weighted by Crippen LogP contribution is -2.33. The number of aromatic nitrogens is 4. The van der Waals surface area contributed by atoms with Crippen molar-refractivity contribution in [2.24, 2.45) is 0 Å². The van der Waals surface area contributed by atoms with Crippen LogP contribution in [0.1, 0.15) is 50.8 Å². The SMILES string of the molecule is CC(Sc1nnnn1-c1ccc(C(C)C)cc1)C(=O)NC(C)c1ccccc1. The van der Waals surface area contributed by atoms with Gasteiger partial charge in [-0.2, -0.15) is 4.68 Å². The van der Waals surface area contributed by atoms with E-state index in [2.05, 4.69) is 46.8 Å². The van der Waals surface area contributed by atoms with Gasteiger partial charge in [0.05, 0.1) is 17.0 Å². The number of nitrogens with zero attached hydrogens (tertiary/aromatic N) is 4. The minimum atomic E-state index is -0.328. The Balaban J connectivity index is 1.67. The fourth-order valence-electron chi connectivity index (χ4n) is 2.78. The van der Waals surface area contributed by atoms with Gasteiger partial charge >= 0.3 is 0 Å². The Morgan fingerprint density at radius 2 is 1.64 bits per heavy atom. The van der Waals surface area contributed by atoms with Crippen molar-refractivity contribution in [1.29, 1.82) is 0 Å². The first-order valence-corrected chi connectivity index (χ1v) is 10.2. The van der Waals surface area contributed by atoms with E-state index in [-0.39, 0.29) is 17.2 Å². The molecule has 2 atom stereocenters. The summed E-state index contributed by atoms with van der Waals surface area (Å²) in [7, 11) is 0. The first-order chi connectivity index (χ1) is 13.5. The lowest BCUT2D eigenvalue weighted by molar-refractivity contribution is -0.120. The fourth-order valence-corrected chi connectivity index (χ4v) is 3.60. The Morgan fingerprint density at radius 3 is 2.29 bits per heavy atom. The molecule has 0 saturated carbocycles. The second-order valence-electron chi connectivity index (χ2n) is 7.02. The van der Waals surface area contributed by atoms with Crippen LogP contribution in [0, 0.1) is 0 Å². The smallest absolute Gasteiger partial charge is 0.233 e. The molecule has 0 fully saturated rings. The van der Waals surface area contributed by atoms with Crippen LogP contribution in [0.2, 0.25) is 0 Å². The summed E-state index contributed by atoms with van der Waals surface area (Å²) < 4.78 is 1.67. The van der Waals surface area contributed by atoms with Gasteiger partial charge in [-0.1, -0.05) is 68.1 Å². The highest BCUT2D eigenvalue weighted by Crippen LogP contribution is 2.24. The van der Waals surface area contributed by atoms with Gasteiger partial charge in [-0.05, 0) is 53.5 Å². The molecular formula is C21H25N5OS. The van der Waals surface area contributed by atoms with E-state index in [0.717, 1.165) is 11.3 Å². The van der Waals surface area contributed by atoms with E-state index in [1.54, 1.807) is 4.68 Å². The molecule has 0 saturated heterocycles. The maximum atomic E-state index is 12.6. The molecule has 1 aromatic heterocycles. The third kappa shape index (κ3) is 4.78. The first kappa shape index (κ1) is 20.1. The molecule has 0 radical (unpaired) electrons. The minimum Gasteiger partial charge on any atom is -0.349 e. The van der Waals surface area contributed by atoms with E-state index < -0.39 is 0 Å². The number of carbonyl (C=O) groups is 1. The lowest BCUT2D eigenvalue weighted by Gasteiger charge is -2.17.